The molecule has 0 unspecified atom stereocenters. The number of aromatic hydroxyl groups is 1. The van der Waals surface area contributed by atoms with Gasteiger partial charge in [0.25, 0.3) is 5.91 Å². The number of amides is 2. The van der Waals surface area contributed by atoms with Gasteiger partial charge in [-0.1, -0.05) is 12.1 Å². The quantitative estimate of drug-likeness (QED) is 0.764. The third-order valence-electron chi connectivity index (χ3n) is 5.90. The maximum absolute atomic E-state index is 13.4. The molecule has 0 atom stereocenters. The van der Waals surface area contributed by atoms with Gasteiger partial charge < -0.3 is 19.6 Å². The molecule has 2 fully saturated rings. The van der Waals surface area contributed by atoms with Crippen molar-refractivity contribution in [2.45, 2.75) is 64.1 Å². The summed E-state index contributed by atoms with van der Waals surface area (Å²) in [5.41, 5.74) is 1.99. The molecule has 7 heteroatoms. The Morgan fingerprint density at radius 3 is 2.09 bits per heavy atom. The monoisotopic (exact) mass is 437 g/mol. The molecule has 170 valence electrons. The lowest BCUT2D eigenvalue weighted by molar-refractivity contribution is 0.0142. The number of pyridine rings is 1. The summed E-state index contributed by atoms with van der Waals surface area (Å²) in [7, 11) is 0. The molecule has 4 rings (SSSR count). The molecule has 1 aromatic carbocycles. The molecule has 2 aliphatic rings. The molecule has 2 aromatic rings. The predicted octanol–water partition coefficient (Wildman–Crippen LogP) is 4.46. The van der Waals surface area contributed by atoms with Gasteiger partial charge in [-0.3, -0.25) is 4.79 Å². The molecule has 0 bridgehead atoms. The van der Waals surface area contributed by atoms with Gasteiger partial charge in [0, 0.05) is 48.6 Å². The van der Waals surface area contributed by atoms with Crippen LogP contribution in [-0.4, -0.2) is 62.7 Å². The lowest BCUT2D eigenvalue weighted by Crippen LogP contribution is -2.50. The Bertz CT molecular complexity index is 954. The summed E-state index contributed by atoms with van der Waals surface area (Å²) in [6.45, 7) is 6.81. The van der Waals surface area contributed by atoms with Crippen LogP contribution in [0.3, 0.4) is 0 Å². The van der Waals surface area contributed by atoms with Crippen LogP contribution in [0.5, 0.6) is 5.88 Å². The van der Waals surface area contributed by atoms with Crippen molar-refractivity contribution in [1.29, 1.82) is 0 Å². The lowest BCUT2D eigenvalue weighted by Gasteiger charge is -2.39. The highest BCUT2D eigenvalue weighted by atomic mass is 16.6. The first kappa shape index (κ1) is 22.1. The summed E-state index contributed by atoms with van der Waals surface area (Å²) in [6.07, 6.45) is 4.93. The average molecular weight is 438 g/mol. The average Bonchev–Trinajstić information content (AvgIpc) is 3.59. The maximum Gasteiger partial charge on any atom is 0.410 e. The second kappa shape index (κ2) is 8.81. The van der Waals surface area contributed by atoms with Gasteiger partial charge in [0.15, 0.2) is 0 Å². The van der Waals surface area contributed by atoms with Gasteiger partial charge >= 0.3 is 6.09 Å². The van der Waals surface area contributed by atoms with E-state index in [1.54, 1.807) is 23.2 Å². The molecule has 1 aliphatic carbocycles. The number of rotatable bonds is 4. The Labute approximate surface area is 189 Å². The SMILES string of the molecule is CC(C)(C)OC(=O)N1CCC(N(C(=O)c2ccc(-c3ccc(O)nc3)cc2)C2CC2)CC1. The number of hydrogen-bond donors (Lipinski definition) is 1. The smallest absolute Gasteiger partial charge is 0.410 e. The maximum atomic E-state index is 13.4. The van der Waals surface area contributed by atoms with Crippen LogP contribution in [0.2, 0.25) is 0 Å². The van der Waals surface area contributed by atoms with Crippen molar-refractivity contribution in [2.24, 2.45) is 0 Å². The van der Waals surface area contributed by atoms with E-state index in [0.717, 1.165) is 36.8 Å². The first-order chi connectivity index (χ1) is 15.2. The van der Waals surface area contributed by atoms with E-state index in [2.05, 4.69) is 4.98 Å². The minimum absolute atomic E-state index is 0.0154. The summed E-state index contributed by atoms with van der Waals surface area (Å²) >= 11 is 0. The van der Waals surface area contributed by atoms with Gasteiger partial charge in [-0.15, -0.1) is 0 Å². The van der Waals surface area contributed by atoms with Crippen molar-refractivity contribution in [1.82, 2.24) is 14.8 Å². The van der Waals surface area contributed by atoms with Gasteiger partial charge in [0.2, 0.25) is 5.88 Å². The molecule has 7 nitrogen and oxygen atoms in total. The zero-order chi connectivity index (χ0) is 22.9. The van der Waals surface area contributed by atoms with E-state index in [0.29, 0.717) is 24.7 Å². The fraction of sp³-hybridized carbons (Fsp3) is 0.480. The van der Waals surface area contributed by atoms with Crippen LogP contribution in [0, 0.1) is 0 Å². The summed E-state index contributed by atoms with van der Waals surface area (Å²) in [5, 5.41) is 9.37. The largest absolute Gasteiger partial charge is 0.493 e. The Balaban J connectivity index is 1.42. The minimum atomic E-state index is -0.508. The van der Waals surface area contributed by atoms with Gasteiger partial charge in [-0.25, -0.2) is 9.78 Å². The van der Waals surface area contributed by atoms with Crippen LogP contribution in [0.15, 0.2) is 42.6 Å². The summed E-state index contributed by atoms with van der Waals surface area (Å²) in [5.74, 6) is 0.0388. The highest BCUT2D eigenvalue weighted by Gasteiger charge is 2.39. The molecule has 32 heavy (non-hydrogen) atoms. The van der Waals surface area contributed by atoms with Crippen molar-refractivity contribution in [3.63, 3.8) is 0 Å². The molecule has 0 radical (unpaired) electrons. The molecule has 2 amide bonds. The number of nitrogens with zero attached hydrogens (tertiary/aromatic N) is 3. The zero-order valence-corrected chi connectivity index (χ0v) is 19.0. The van der Waals surface area contributed by atoms with Crippen molar-refractivity contribution < 1.29 is 19.4 Å². The Hall–Kier alpha value is -3.09. The van der Waals surface area contributed by atoms with E-state index in [9.17, 15) is 14.7 Å². The molecule has 1 saturated heterocycles. The summed E-state index contributed by atoms with van der Waals surface area (Å²) < 4.78 is 5.49. The number of carbonyl (C=O) groups excluding carboxylic acids is 2. The third kappa shape index (κ3) is 5.21. The van der Waals surface area contributed by atoms with Crippen molar-refractivity contribution in [3.05, 3.63) is 48.2 Å². The van der Waals surface area contributed by atoms with Crippen LogP contribution in [-0.2, 0) is 4.74 Å². The fourth-order valence-corrected chi connectivity index (χ4v) is 4.15. The fourth-order valence-electron chi connectivity index (χ4n) is 4.15. The van der Waals surface area contributed by atoms with Crippen LogP contribution < -0.4 is 0 Å². The van der Waals surface area contributed by atoms with Crippen molar-refractivity contribution in [2.75, 3.05) is 13.1 Å². The Morgan fingerprint density at radius 2 is 1.56 bits per heavy atom. The molecule has 0 spiro atoms. The zero-order valence-electron chi connectivity index (χ0n) is 19.0. The number of aromatic nitrogens is 1. The molecule has 1 N–H and O–H groups in total. The van der Waals surface area contributed by atoms with E-state index in [4.69, 9.17) is 4.74 Å². The van der Waals surface area contributed by atoms with E-state index in [-0.39, 0.29) is 23.9 Å². The molecular weight excluding hydrogens is 406 g/mol. The van der Waals surface area contributed by atoms with Gasteiger partial charge in [-0.2, -0.15) is 0 Å². The summed E-state index contributed by atoms with van der Waals surface area (Å²) in [6, 6.07) is 11.3. The second-order valence-electron chi connectivity index (χ2n) is 9.62. The number of ether oxygens (including phenoxy) is 1. The second-order valence-corrected chi connectivity index (χ2v) is 9.62. The first-order valence-electron chi connectivity index (χ1n) is 11.3. The first-order valence-corrected chi connectivity index (χ1v) is 11.3. The molecule has 1 saturated carbocycles. The van der Waals surface area contributed by atoms with Crippen LogP contribution in [0.25, 0.3) is 11.1 Å². The topological polar surface area (TPSA) is 83.0 Å². The molecule has 1 aromatic heterocycles. The van der Waals surface area contributed by atoms with Crippen LogP contribution in [0.4, 0.5) is 4.79 Å². The van der Waals surface area contributed by atoms with Gasteiger partial charge in [-0.05, 0) is 70.2 Å². The molecular formula is C25H31N3O4. The third-order valence-corrected chi connectivity index (χ3v) is 5.90. The lowest BCUT2D eigenvalue weighted by atomic mass is 10.0. The Morgan fingerprint density at radius 1 is 0.969 bits per heavy atom. The van der Waals surface area contributed by atoms with Crippen molar-refractivity contribution in [3.8, 4) is 17.0 Å². The summed E-state index contributed by atoms with van der Waals surface area (Å²) in [4.78, 5) is 33.5. The standard InChI is InChI=1S/C25H31N3O4/c1-25(2,3)32-24(31)27-14-12-21(13-15-27)28(20-9-10-20)23(30)18-6-4-17(5-7-18)19-8-11-22(29)26-16-19/h4-8,11,16,20-21H,9-10,12-15H2,1-3H3,(H,26,29). The number of hydrogen-bond acceptors (Lipinski definition) is 5. The number of carbonyl (C=O) groups is 2. The molecule has 2 heterocycles. The van der Waals surface area contributed by atoms with Gasteiger partial charge in [0.1, 0.15) is 5.60 Å². The van der Waals surface area contributed by atoms with Crippen molar-refractivity contribution >= 4 is 12.0 Å². The number of likely N-dealkylation sites (tertiary alicyclic amines) is 1. The normalized spacial score (nSPS) is 17.2. The molecule has 1 aliphatic heterocycles. The van der Waals surface area contributed by atoms with Crippen LogP contribution >= 0.6 is 0 Å². The van der Waals surface area contributed by atoms with E-state index in [1.807, 2.05) is 49.9 Å². The van der Waals surface area contributed by atoms with E-state index < -0.39 is 5.60 Å². The van der Waals surface area contributed by atoms with Crippen LogP contribution in [0.1, 0.15) is 56.8 Å². The highest BCUT2D eigenvalue weighted by molar-refractivity contribution is 5.95. The highest BCUT2D eigenvalue weighted by Crippen LogP contribution is 2.34. The predicted molar refractivity (Wildman–Crippen MR) is 121 cm³/mol. The Kier molecular flexibility index (Phi) is 6.09. The van der Waals surface area contributed by atoms with E-state index >= 15 is 0 Å². The van der Waals surface area contributed by atoms with E-state index in [1.165, 1.54) is 0 Å². The number of benzene rings is 1. The minimum Gasteiger partial charge on any atom is -0.493 e. The number of piperidine rings is 1. The van der Waals surface area contributed by atoms with Gasteiger partial charge in [0.05, 0.1) is 0 Å².